The van der Waals surface area contributed by atoms with Crippen LogP contribution in [0.5, 0.6) is 11.6 Å². The van der Waals surface area contributed by atoms with Gasteiger partial charge in [-0.1, -0.05) is 49.4 Å². The van der Waals surface area contributed by atoms with Gasteiger partial charge in [0.25, 0.3) is 0 Å². The van der Waals surface area contributed by atoms with Gasteiger partial charge in [0, 0.05) is 24.4 Å². The van der Waals surface area contributed by atoms with E-state index in [0.717, 1.165) is 45.0 Å². The van der Waals surface area contributed by atoms with Crippen molar-refractivity contribution in [3.05, 3.63) is 77.6 Å². The van der Waals surface area contributed by atoms with Gasteiger partial charge in [0.15, 0.2) is 0 Å². The number of rotatable bonds is 7. The van der Waals surface area contributed by atoms with Crippen LogP contribution in [-0.2, 0) is 13.5 Å². The summed E-state index contributed by atoms with van der Waals surface area (Å²) in [4.78, 5) is 10.6. The smallest absolute Gasteiger partial charge is 0.237 e. The van der Waals surface area contributed by atoms with Crippen molar-refractivity contribution >= 4 is 17.9 Å². The summed E-state index contributed by atoms with van der Waals surface area (Å²) in [6.45, 7) is 6.22. The average Bonchev–Trinajstić information content (AvgIpc) is 3.19. The van der Waals surface area contributed by atoms with Gasteiger partial charge < -0.3 is 4.74 Å². The highest BCUT2D eigenvalue weighted by Crippen LogP contribution is 2.35. The summed E-state index contributed by atoms with van der Waals surface area (Å²) >= 11 is 1.42. The Morgan fingerprint density at radius 3 is 2.42 bits per heavy atom. The van der Waals surface area contributed by atoms with E-state index in [1.54, 1.807) is 10.9 Å². The summed E-state index contributed by atoms with van der Waals surface area (Å²) in [6, 6.07) is 16.2. The van der Waals surface area contributed by atoms with Crippen LogP contribution >= 0.6 is 11.9 Å². The third-order valence-electron chi connectivity index (χ3n) is 4.96. The quantitative estimate of drug-likeness (QED) is 0.364. The number of anilines is 1. The average molecular weight is 432 g/mol. The lowest BCUT2D eigenvalue weighted by Crippen LogP contribution is -2.05. The fourth-order valence-electron chi connectivity index (χ4n) is 3.30. The zero-order chi connectivity index (χ0) is 21.8. The highest BCUT2D eigenvalue weighted by molar-refractivity contribution is 8.00. The topological polar surface area (TPSA) is 64.9 Å². The molecule has 31 heavy (non-hydrogen) atoms. The molecule has 0 saturated carbocycles. The molecule has 7 heteroatoms. The van der Waals surface area contributed by atoms with Gasteiger partial charge in [-0.15, -0.1) is 0 Å². The van der Waals surface area contributed by atoms with E-state index in [9.17, 15) is 0 Å². The molecule has 2 aromatic carbocycles. The summed E-state index contributed by atoms with van der Waals surface area (Å²) in [5, 5.41) is 4.21. The number of nitrogens with one attached hydrogen (secondary N) is 1. The Balaban J connectivity index is 1.78. The number of benzene rings is 2. The molecule has 0 fully saturated rings. The normalized spacial score (nSPS) is 10.8. The van der Waals surface area contributed by atoms with Crippen molar-refractivity contribution in [3.63, 3.8) is 0 Å². The molecule has 0 atom stereocenters. The van der Waals surface area contributed by atoms with Crippen LogP contribution in [0.1, 0.15) is 23.6 Å². The Morgan fingerprint density at radius 2 is 1.74 bits per heavy atom. The molecule has 158 valence electrons. The van der Waals surface area contributed by atoms with Crippen LogP contribution in [0, 0.1) is 13.8 Å². The highest BCUT2D eigenvalue weighted by atomic mass is 32.2. The van der Waals surface area contributed by atoms with Crippen molar-refractivity contribution in [2.45, 2.75) is 32.1 Å². The maximum Gasteiger partial charge on any atom is 0.237 e. The van der Waals surface area contributed by atoms with Gasteiger partial charge >= 0.3 is 0 Å². The first kappa shape index (κ1) is 20.9. The number of aryl methyl sites for hydroxylation is 3. The summed E-state index contributed by atoms with van der Waals surface area (Å²) < 4.78 is 11.3. The van der Waals surface area contributed by atoms with Crippen molar-refractivity contribution in [2.75, 3.05) is 4.72 Å². The number of ether oxygens (including phenoxy) is 1. The fraction of sp³-hybridized carbons (Fsp3) is 0.208. The van der Waals surface area contributed by atoms with Crippen LogP contribution in [0.4, 0.5) is 5.95 Å². The summed E-state index contributed by atoms with van der Waals surface area (Å²) in [5.74, 6) is 1.85. The number of aromatic nitrogens is 4. The largest absolute Gasteiger partial charge is 0.438 e. The Labute approximate surface area is 186 Å². The van der Waals surface area contributed by atoms with Crippen molar-refractivity contribution in [1.29, 1.82) is 0 Å². The molecular formula is C24H25N5OS. The molecular weight excluding hydrogens is 406 g/mol. The lowest BCUT2D eigenvalue weighted by molar-refractivity contribution is 0.453. The van der Waals surface area contributed by atoms with Crippen LogP contribution in [0.2, 0.25) is 0 Å². The predicted molar refractivity (Wildman–Crippen MR) is 126 cm³/mol. The van der Waals surface area contributed by atoms with Crippen molar-refractivity contribution in [1.82, 2.24) is 19.7 Å². The fourth-order valence-corrected chi connectivity index (χ4v) is 3.91. The number of hydrogen-bond acceptors (Lipinski definition) is 6. The maximum absolute atomic E-state index is 6.31. The lowest BCUT2D eigenvalue weighted by atomic mass is 10.0. The van der Waals surface area contributed by atoms with Crippen molar-refractivity contribution in [2.24, 2.45) is 7.05 Å². The van der Waals surface area contributed by atoms with Gasteiger partial charge in [0.05, 0.1) is 16.8 Å². The van der Waals surface area contributed by atoms with Crippen LogP contribution in [0.15, 0.2) is 65.8 Å². The molecule has 4 aromatic rings. The third-order valence-corrected chi connectivity index (χ3v) is 5.70. The number of para-hydroxylation sites is 1. The minimum Gasteiger partial charge on any atom is -0.438 e. The van der Waals surface area contributed by atoms with E-state index in [4.69, 9.17) is 14.7 Å². The summed E-state index contributed by atoms with van der Waals surface area (Å²) in [6.07, 6.45) is 4.48. The minimum atomic E-state index is 0.493. The molecule has 0 aliphatic heterocycles. The number of hydrogen-bond donors (Lipinski definition) is 1. The standard InChI is InChI=1S/C24H25N5OS/c1-5-19-22(20-12-8-6-10-16(20)2)26-24(28-31-18-14-25-29(4)15-18)27-23(19)30-21-13-9-7-11-17(21)3/h6-15H,5H2,1-4H3,(H,26,27,28). The van der Waals surface area contributed by atoms with Gasteiger partial charge in [0.1, 0.15) is 5.75 Å². The van der Waals surface area contributed by atoms with E-state index in [1.165, 1.54) is 11.9 Å². The minimum absolute atomic E-state index is 0.493. The molecule has 0 bridgehead atoms. The van der Waals surface area contributed by atoms with E-state index in [1.807, 2.05) is 56.6 Å². The molecule has 0 aliphatic carbocycles. The van der Waals surface area contributed by atoms with Crippen LogP contribution < -0.4 is 9.46 Å². The molecule has 1 N–H and O–H groups in total. The molecule has 0 radical (unpaired) electrons. The highest BCUT2D eigenvalue weighted by Gasteiger charge is 2.18. The van der Waals surface area contributed by atoms with Gasteiger partial charge in [-0.2, -0.15) is 10.1 Å². The summed E-state index contributed by atoms with van der Waals surface area (Å²) in [5.41, 5.74) is 5.15. The monoisotopic (exact) mass is 431 g/mol. The molecule has 0 saturated heterocycles. The van der Waals surface area contributed by atoms with Gasteiger partial charge in [-0.25, -0.2) is 4.98 Å². The zero-order valence-corrected chi connectivity index (χ0v) is 18.9. The van der Waals surface area contributed by atoms with Gasteiger partial charge in [-0.05, 0) is 49.4 Å². The Kier molecular flexibility index (Phi) is 6.23. The van der Waals surface area contributed by atoms with Gasteiger partial charge in [0.2, 0.25) is 11.8 Å². The van der Waals surface area contributed by atoms with Crippen LogP contribution in [-0.4, -0.2) is 19.7 Å². The molecule has 0 spiro atoms. The summed E-state index contributed by atoms with van der Waals surface area (Å²) in [7, 11) is 1.89. The first-order chi connectivity index (χ1) is 15.0. The van der Waals surface area contributed by atoms with Crippen LogP contribution in [0.3, 0.4) is 0 Å². The van der Waals surface area contributed by atoms with E-state index in [-0.39, 0.29) is 0 Å². The van der Waals surface area contributed by atoms with Gasteiger partial charge in [-0.3, -0.25) is 9.40 Å². The SMILES string of the molecule is CCc1c(Oc2ccccc2C)nc(NSc2cnn(C)c2)nc1-c1ccccc1C. The molecule has 4 rings (SSSR count). The molecule has 0 amide bonds. The predicted octanol–water partition coefficient (Wildman–Crippen LogP) is 5.97. The van der Waals surface area contributed by atoms with Crippen LogP contribution in [0.25, 0.3) is 11.3 Å². The Morgan fingerprint density at radius 1 is 1.00 bits per heavy atom. The lowest BCUT2D eigenvalue weighted by Gasteiger charge is -2.17. The molecule has 0 unspecified atom stereocenters. The zero-order valence-electron chi connectivity index (χ0n) is 18.1. The third kappa shape index (κ3) is 4.72. The molecule has 6 nitrogen and oxygen atoms in total. The second-order valence-electron chi connectivity index (χ2n) is 7.27. The molecule has 2 aromatic heterocycles. The van der Waals surface area contributed by atoms with Crippen molar-refractivity contribution < 1.29 is 4.74 Å². The Bertz CT molecular complexity index is 1200. The van der Waals surface area contributed by atoms with E-state index < -0.39 is 0 Å². The van der Waals surface area contributed by atoms with Crippen molar-refractivity contribution in [3.8, 4) is 22.9 Å². The number of nitrogens with zero attached hydrogens (tertiary/aromatic N) is 4. The van der Waals surface area contributed by atoms with E-state index in [2.05, 4.69) is 35.8 Å². The molecule has 2 heterocycles. The molecule has 0 aliphatic rings. The maximum atomic E-state index is 6.31. The Hall–Kier alpha value is -3.32. The second-order valence-corrected chi connectivity index (χ2v) is 8.15. The second kappa shape index (κ2) is 9.22. The van der Waals surface area contributed by atoms with E-state index in [0.29, 0.717) is 11.8 Å². The first-order valence-corrected chi connectivity index (χ1v) is 11.0. The van der Waals surface area contributed by atoms with E-state index >= 15 is 0 Å². The first-order valence-electron chi connectivity index (χ1n) is 10.2.